The molecule has 8 rings (SSSR count). The molecule has 0 bridgehead atoms. The lowest BCUT2D eigenvalue weighted by atomic mass is 9.76. The Morgan fingerprint density at radius 1 is 0.545 bits per heavy atom. The average Bonchev–Trinajstić information content (AvgIpc) is 3.08. The first-order valence-corrected chi connectivity index (χ1v) is 15.8. The molecule has 3 nitrogen and oxygen atoms in total. The second-order valence-electron chi connectivity index (χ2n) is 11.9. The Hall–Kier alpha value is -4.93. The summed E-state index contributed by atoms with van der Waals surface area (Å²) >= 11 is 1.87. The van der Waals surface area contributed by atoms with Crippen LogP contribution in [0.5, 0.6) is 0 Å². The van der Waals surface area contributed by atoms with Gasteiger partial charge in [0, 0.05) is 31.9 Å². The van der Waals surface area contributed by atoms with Gasteiger partial charge in [-0.05, 0) is 57.3 Å². The molecule has 4 heteroatoms. The van der Waals surface area contributed by atoms with Crippen LogP contribution in [-0.2, 0) is 5.41 Å². The van der Waals surface area contributed by atoms with E-state index in [9.17, 15) is 0 Å². The van der Waals surface area contributed by atoms with Gasteiger partial charge in [-0.25, -0.2) is 9.98 Å². The maximum Gasteiger partial charge on any atom is 0.170 e. The van der Waals surface area contributed by atoms with Gasteiger partial charge in [0.15, 0.2) is 6.17 Å². The predicted molar refractivity (Wildman–Crippen MR) is 184 cm³/mol. The van der Waals surface area contributed by atoms with Crippen molar-refractivity contribution in [2.24, 2.45) is 9.98 Å². The topological polar surface area (TPSA) is 36.8 Å². The van der Waals surface area contributed by atoms with E-state index in [4.69, 9.17) is 9.98 Å². The molecule has 0 aliphatic carbocycles. The van der Waals surface area contributed by atoms with Gasteiger partial charge in [0.05, 0.1) is 0 Å². The monoisotopic (exact) mass is 585 g/mol. The molecule has 0 saturated heterocycles. The molecule has 0 amide bonds. The van der Waals surface area contributed by atoms with Gasteiger partial charge < -0.3 is 5.32 Å². The van der Waals surface area contributed by atoms with Crippen LogP contribution in [-0.4, -0.2) is 11.7 Å². The fourth-order valence-corrected chi connectivity index (χ4v) is 7.79. The van der Waals surface area contributed by atoms with Crippen LogP contribution in [0, 0.1) is 0 Å². The number of fused-ring (bicyclic) bond motifs is 3. The van der Waals surface area contributed by atoms with Crippen molar-refractivity contribution in [2.75, 3.05) is 0 Å². The summed E-state index contributed by atoms with van der Waals surface area (Å²) in [4.78, 5) is 13.1. The molecule has 6 aromatic carbocycles. The Balaban J connectivity index is 1.25. The lowest BCUT2D eigenvalue weighted by Gasteiger charge is -2.35. The molecule has 212 valence electrons. The van der Waals surface area contributed by atoms with Crippen molar-refractivity contribution in [3.05, 3.63) is 167 Å². The number of hydrogen-bond acceptors (Lipinski definition) is 4. The SMILES string of the molecule is CC1(C)c2ccccc2Sc2ccc(-c3ccccc3C3N=C(c4ccccc4)NC(c4ccc5ccccc5c4)=N3)cc21. The van der Waals surface area contributed by atoms with E-state index in [0.717, 1.165) is 33.9 Å². The zero-order valence-corrected chi connectivity index (χ0v) is 25.5. The van der Waals surface area contributed by atoms with Crippen molar-refractivity contribution in [3.8, 4) is 11.1 Å². The maximum atomic E-state index is 5.25. The van der Waals surface area contributed by atoms with Gasteiger partial charge in [-0.15, -0.1) is 0 Å². The number of amidine groups is 2. The second kappa shape index (κ2) is 10.7. The molecule has 0 spiro atoms. The fraction of sp³-hybridized carbons (Fsp3) is 0.100. The smallest absolute Gasteiger partial charge is 0.170 e. The van der Waals surface area contributed by atoms with Crippen LogP contribution in [0.2, 0.25) is 0 Å². The highest BCUT2D eigenvalue weighted by Gasteiger charge is 2.33. The van der Waals surface area contributed by atoms with Crippen molar-refractivity contribution in [3.63, 3.8) is 0 Å². The van der Waals surface area contributed by atoms with E-state index in [2.05, 4.69) is 153 Å². The van der Waals surface area contributed by atoms with Crippen molar-refractivity contribution >= 4 is 34.2 Å². The van der Waals surface area contributed by atoms with Crippen molar-refractivity contribution in [1.29, 1.82) is 0 Å². The summed E-state index contributed by atoms with van der Waals surface area (Å²) in [5, 5.41) is 5.97. The molecule has 0 aromatic heterocycles. The molecular weight excluding hydrogens is 555 g/mol. The minimum Gasteiger partial charge on any atom is -0.324 e. The third-order valence-electron chi connectivity index (χ3n) is 8.79. The van der Waals surface area contributed by atoms with Crippen LogP contribution in [0.3, 0.4) is 0 Å². The minimum atomic E-state index is -0.400. The Morgan fingerprint density at radius 2 is 1.20 bits per heavy atom. The normalized spacial score (nSPS) is 16.7. The largest absolute Gasteiger partial charge is 0.324 e. The highest BCUT2D eigenvalue weighted by atomic mass is 32.2. The summed E-state index contributed by atoms with van der Waals surface area (Å²) in [5.74, 6) is 1.65. The van der Waals surface area contributed by atoms with Gasteiger partial charge >= 0.3 is 0 Å². The standard InChI is InChI=1S/C40H31N3S/c1-40(2)33-18-10-11-19-35(33)44-36-23-22-29(25-34(36)40)31-16-8-9-17-32(31)39-42-37(27-13-4-3-5-14-27)41-38(43-39)30-21-20-26-12-6-7-15-28(26)24-30/h3-25,39H,1-2H3,(H,41,42,43). The molecular formula is C40H31N3S. The van der Waals surface area contributed by atoms with E-state index in [1.165, 1.54) is 37.3 Å². The van der Waals surface area contributed by atoms with Gasteiger partial charge in [0.1, 0.15) is 11.7 Å². The molecule has 2 aliphatic rings. The Labute approximate surface area is 262 Å². The second-order valence-corrected chi connectivity index (χ2v) is 13.0. The highest BCUT2D eigenvalue weighted by molar-refractivity contribution is 7.99. The van der Waals surface area contributed by atoms with Crippen molar-refractivity contribution < 1.29 is 0 Å². The maximum absolute atomic E-state index is 5.25. The summed E-state index contributed by atoms with van der Waals surface area (Å²) in [5.41, 5.74) is 8.13. The van der Waals surface area contributed by atoms with E-state index in [1.807, 2.05) is 17.8 Å². The van der Waals surface area contributed by atoms with E-state index in [-0.39, 0.29) is 5.41 Å². The third-order valence-corrected chi connectivity index (χ3v) is 9.94. The van der Waals surface area contributed by atoms with Gasteiger partial charge in [-0.2, -0.15) is 0 Å². The molecule has 6 aromatic rings. The quantitative estimate of drug-likeness (QED) is 0.224. The Morgan fingerprint density at radius 3 is 2.07 bits per heavy atom. The number of aliphatic imine (C=N–C) groups is 2. The van der Waals surface area contributed by atoms with Crippen LogP contribution in [0.1, 0.15) is 47.8 Å². The van der Waals surface area contributed by atoms with E-state index in [1.54, 1.807) is 0 Å². The zero-order chi connectivity index (χ0) is 29.7. The minimum absolute atomic E-state index is 0.100. The molecule has 1 unspecified atom stereocenters. The number of hydrogen-bond donors (Lipinski definition) is 1. The summed E-state index contributed by atoms with van der Waals surface area (Å²) in [6, 6.07) is 49.6. The summed E-state index contributed by atoms with van der Waals surface area (Å²) in [7, 11) is 0. The fourth-order valence-electron chi connectivity index (χ4n) is 6.41. The molecule has 44 heavy (non-hydrogen) atoms. The number of rotatable bonds is 4. The predicted octanol–water partition coefficient (Wildman–Crippen LogP) is 9.79. The molecule has 2 aliphatic heterocycles. The van der Waals surface area contributed by atoms with Gasteiger partial charge in [0.2, 0.25) is 0 Å². The van der Waals surface area contributed by atoms with Crippen molar-refractivity contribution in [1.82, 2.24) is 5.32 Å². The highest BCUT2D eigenvalue weighted by Crippen LogP contribution is 2.50. The first-order valence-electron chi connectivity index (χ1n) is 15.0. The van der Waals surface area contributed by atoms with Crippen LogP contribution < -0.4 is 5.32 Å². The molecule has 1 N–H and O–H groups in total. The number of nitrogens with zero attached hydrogens (tertiary/aromatic N) is 2. The van der Waals surface area contributed by atoms with E-state index >= 15 is 0 Å². The molecule has 2 heterocycles. The van der Waals surface area contributed by atoms with Gasteiger partial charge in [-0.1, -0.05) is 141 Å². The first kappa shape index (κ1) is 26.7. The Bertz CT molecular complexity index is 2110. The third kappa shape index (κ3) is 4.63. The lowest BCUT2D eigenvalue weighted by molar-refractivity contribution is 0.607. The summed E-state index contributed by atoms with van der Waals surface area (Å²) < 4.78 is 0. The zero-order valence-electron chi connectivity index (χ0n) is 24.7. The molecule has 1 atom stereocenters. The molecule has 0 saturated carbocycles. The van der Waals surface area contributed by atoms with E-state index < -0.39 is 6.17 Å². The molecule has 0 radical (unpaired) electrons. The number of nitrogens with one attached hydrogen (secondary N) is 1. The summed E-state index contributed by atoms with van der Waals surface area (Å²) in [6.07, 6.45) is -0.400. The average molecular weight is 586 g/mol. The molecule has 0 fully saturated rings. The van der Waals surface area contributed by atoms with Crippen LogP contribution in [0.4, 0.5) is 0 Å². The van der Waals surface area contributed by atoms with Gasteiger partial charge in [0.25, 0.3) is 0 Å². The van der Waals surface area contributed by atoms with Crippen LogP contribution >= 0.6 is 11.8 Å². The Kier molecular flexibility index (Phi) is 6.46. The number of benzene rings is 6. The van der Waals surface area contributed by atoms with Crippen LogP contribution in [0.25, 0.3) is 21.9 Å². The van der Waals surface area contributed by atoms with Crippen molar-refractivity contribution in [2.45, 2.75) is 35.2 Å². The first-order chi connectivity index (χ1) is 21.5. The van der Waals surface area contributed by atoms with E-state index in [0.29, 0.717) is 0 Å². The lowest BCUT2D eigenvalue weighted by Crippen LogP contribution is -2.36. The van der Waals surface area contributed by atoms with Gasteiger partial charge in [-0.3, -0.25) is 0 Å². The van der Waals surface area contributed by atoms with Crippen LogP contribution in [0.15, 0.2) is 159 Å². The summed E-state index contributed by atoms with van der Waals surface area (Å²) in [6.45, 7) is 4.67.